The van der Waals surface area contributed by atoms with Gasteiger partial charge in [0.15, 0.2) is 0 Å². The van der Waals surface area contributed by atoms with Crippen molar-refractivity contribution in [2.75, 3.05) is 50.7 Å². The summed E-state index contributed by atoms with van der Waals surface area (Å²) in [7, 11) is 0. The van der Waals surface area contributed by atoms with Gasteiger partial charge in [-0.15, -0.1) is 0 Å². The number of nitrogens with zero attached hydrogens (tertiary/aromatic N) is 3. The first-order valence-electron chi connectivity index (χ1n) is 11.5. The Balaban J connectivity index is 1.42. The molecule has 2 saturated heterocycles. The van der Waals surface area contributed by atoms with Crippen LogP contribution in [0.3, 0.4) is 0 Å². The molecule has 2 fully saturated rings. The summed E-state index contributed by atoms with van der Waals surface area (Å²) in [4.78, 5) is 19.7. The maximum Gasteiger partial charge on any atom is 0.222 e. The van der Waals surface area contributed by atoms with E-state index >= 15 is 0 Å². The van der Waals surface area contributed by atoms with Gasteiger partial charge in [-0.05, 0) is 41.7 Å². The molecule has 0 bridgehead atoms. The van der Waals surface area contributed by atoms with Crippen molar-refractivity contribution in [3.05, 3.63) is 66.0 Å². The van der Waals surface area contributed by atoms with E-state index in [4.69, 9.17) is 0 Å². The number of hydrogen-bond acceptors (Lipinski definition) is 3. The molecule has 2 aliphatic heterocycles. The number of piperazine rings is 1. The third-order valence-electron chi connectivity index (χ3n) is 6.64. The predicted molar refractivity (Wildman–Crippen MR) is 124 cm³/mol. The Hall–Kier alpha value is -2.40. The fraction of sp³-hybridized carbons (Fsp3) is 0.500. The number of halogens is 1. The molecule has 0 aromatic heterocycles. The largest absolute Gasteiger partial charge is 0.369 e. The summed E-state index contributed by atoms with van der Waals surface area (Å²) in [6.45, 7) is 10.6. The van der Waals surface area contributed by atoms with E-state index in [1.165, 1.54) is 11.8 Å². The van der Waals surface area contributed by atoms with Gasteiger partial charge in [-0.25, -0.2) is 4.39 Å². The van der Waals surface area contributed by atoms with Crippen molar-refractivity contribution < 1.29 is 9.18 Å². The van der Waals surface area contributed by atoms with Gasteiger partial charge in [-0.2, -0.15) is 0 Å². The summed E-state index contributed by atoms with van der Waals surface area (Å²) in [6.07, 6.45) is 0.582. The number of hydrogen-bond donors (Lipinski definition) is 0. The first-order chi connectivity index (χ1) is 15.0. The Morgan fingerprint density at radius 2 is 1.74 bits per heavy atom. The average Bonchev–Trinajstić information content (AvgIpc) is 3.18. The monoisotopic (exact) mass is 423 g/mol. The summed E-state index contributed by atoms with van der Waals surface area (Å²) >= 11 is 0. The summed E-state index contributed by atoms with van der Waals surface area (Å²) in [5.74, 6) is 0.915. The molecule has 0 aliphatic carbocycles. The van der Waals surface area contributed by atoms with E-state index in [0.717, 1.165) is 44.8 Å². The summed E-state index contributed by atoms with van der Waals surface area (Å²) < 4.78 is 13.9. The lowest BCUT2D eigenvalue weighted by Crippen LogP contribution is -2.48. The maximum absolute atomic E-state index is 13.9. The third kappa shape index (κ3) is 5.45. The standard InChI is InChI=1S/C26H34FN3O/c1-20(2)15-26(31)30-18-22(25(19-30)21-7-6-8-23(27)16-21)17-28-11-13-29(14-12-28)24-9-4-3-5-10-24/h3-10,16,20,22,25H,11-15,17-19H2,1-2H3. The van der Waals surface area contributed by atoms with Gasteiger partial charge in [0.25, 0.3) is 0 Å². The molecule has 2 unspecified atom stereocenters. The van der Waals surface area contributed by atoms with Crippen molar-refractivity contribution in [3.8, 4) is 0 Å². The fourth-order valence-electron chi connectivity index (χ4n) is 5.01. The van der Waals surface area contributed by atoms with Gasteiger partial charge in [0, 0.05) is 63.8 Å². The molecule has 0 saturated carbocycles. The molecule has 2 heterocycles. The van der Waals surface area contributed by atoms with Crippen LogP contribution in [0.5, 0.6) is 0 Å². The topological polar surface area (TPSA) is 26.8 Å². The van der Waals surface area contributed by atoms with Crippen molar-refractivity contribution in [1.29, 1.82) is 0 Å². The predicted octanol–water partition coefficient (Wildman–Crippen LogP) is 4.24. The Kier molecular flexibility index (Phi) is 6.91. The second-order valence-electron chi connectivity index (χ2n) is 9.44. The van der Waals surface area contributed by atoms with Gasteiger partial charge in [-0.1, -0.05) is 44.2 Å². The van der Waals surface area contributed by atoms with Gasteiger partial charge in [0.05, 0.1) is 0 Å². The zero-order chi connectivity index (χ0) is 21.8. The van der Waals surface area contributed by atoms with E-state index in [1.54, 1.807) is 12.1 Å². The lowest BCUT2D eigenvalue weighted by Gasteiger charge is -2.37. The molecule has 2 atom stereocenters. The number of likely N-dealkylation sites (tertiary alicyclic amines) is 1. The highest BCUT2D eigenvalue weighted by molar-refractivity contribution is 5.76. The van der Waals surface area contributed by atoms with Crippen LogP contribution in [0.25, 0.3) is 0 Å². The number of carbonyl (C=O) groups excluding carboxylic acids is 1. The van der Waals surface area contributed by atoms with Crippen LogP contribution in [0.15, 0.2) is 54.6 Å². The molecule has 0 spiro atoms. The van der Waals surface area contributed by atoms with Gasteiger partial charge in [0.2, 0.25) is 5.91 Å². The van der Waals surface area contributed by atoms with Crippen molar-refractivity contribution in [2.24, 2.45) is 11.8 Å². The number of rotatable bonds is 6. The number of benzene rings is 2. The first kappa shape index (κ1) is 21.8. The van der Waals surface area contributed by atoms with Crippen molar-refractivity contribution in [3.63, 3.8) is 0 Å². The van der Waals surface area contributed by atoms with Crippen LogP contribution in [-0.2, 0) is 4.79 Å². The Morgan fingerprint density at radius 3 is 2.42 bits per heavy atom. The summed E-state index contributed by atoms with van der Waals surface area (Å²) in [6, 6.07) is 17.5. The first-order valence-corrected chi connectivity index (χ1v) is 11.5. The zero-order valence-electron chi connectivity index (χ0n) is 18.7. The molecule has 31 heavy (non-hydrogen) atoms. The molecule has 5 heteroatoms. The molecule has 2 aromatic carbocycles. The fourth-order valence-corrected chi connectivity index (χ4v) is 5.01. The molecular formula is C26H34FN3O. The molecule has 2 aromatic rings. The minimum atomic E-state index is -0.195. The number of para-hydroxylation sites is 1. The quantitative estimate of drug-likeness (QED) is 0.696. The Morgan fingerprint density at radius 1 is 1.00 bits per heavy atom. The van der Waals surface area contributed by atoms with Crippen molar-refractivity contribution in [1.82, 2.24) is 9.80 Å². The SMILES string of the molecule is CC(C)CC(=O)N1CC(CN2CCN(c3ccccc3)CC2)C(c2cccc(F)c2)C1. The van der Waals surface area contributed by atoms with E-state index in [1.807, 2.05) is 11.0 Å². The second kappa shape index (κ2) is 9.82. The van der Waals surface area contributed by atoms with Crippen molar-refractivity contribution >= 4 is 11.6 Å². The lowest BCUT2D eigenvalue weighted by atomic mass is 9.88. The van der Waals surface area contributed by atoms with E-state index in [-0.39, 0.29) is 17.6 Å². The van der Waals surface area contributed by atoms with Crippen LogP contribution >= 0.6 is 0 Å². The van der Waals surface area contributed by atoms with Gasteiger partial charge >= 0.3 is 0 Å². The third-order valence-corrected chi connectivity index (χ3v) is 6.64. The number of carbonyl (C=O) groups is 1. The lowest BCUT2D eigenvalue weighted by molar-refractivity contribution is -0.131. The smallest absolute Gasteiger partial charge is 0.222 e. The minimum Gasteiger partial charge on any atom is -0.369 e. The van der Waals surface area contributed by atoms with E-state index in [0.29, 0.717) is 24.8 Å². The molecule has 166 valence electrons. The highest BCUT2D eigenvalue weighted by Crippen LogP contribution is 2.34. The molecule has 4 rings (SSSR count). The van der Waals surface area contributed by atoms with Crippen LogP contribution in [0.1, 0.15) is 31.7 Å². The van der Waals surface area contributed by atoms with Crippen LogP contribution in [0, 0.1) is 17.7 Å². The van der Waals surface area contributed by atoms with E-state index in [9.17, 15) is 9.18 Å². The maximum atomic E-state index is 13.9. The molecule has 4 nitrogen and oxygen atoms in total. The molecule has 0 N–H and O–H groups in total. The Labute approximate surface area is 185 Å². The number of amides is 1. The Bertz CT molecular complexity index is 864. The van der Waals surface area contributed by atoms with Crippen LogP contribution in [-0.4, -0.2) is 61.5 Å². The average molecular weight is 424 g/mol. The van der Waals surface area contributed by atoms with Crippen LogP contribution < -0.4 is 4.90 Å². The zero-order valence-corrected chi connectivity index (χ0v) is 18.7. The molecular weight excluding hydrogens is 389 g/mol. The molecule has 1 amide bonds. The number of anilines is 1. The normalized spacial score (nSPS) is 22.3. The van der Waals surface area contributed by atoms with Gasteiger partial charge in [-0.3, -0.25) is 9.69 Å². The van der Waals surface area contributed by atoms with Crippen LogP contribution in [0.4, 0.5) is 10.1 Å². The van der Waals surface area contributed by atoms with Gasteiger partial charge in [0.1, 0.15) is 5.82 Å². The van der Waals surface area contributed by atoms with Gasteiger partial charge < -0.3 is 9.80 Å². The second-order valence-corrected chi connectivity index (χ2v) is 9.44. The van der Waals surface area contributed by atoms with Crippen LogP contribution in [0.2, 0.25) is 0 Å². The summed E-state index contributed by atoms with van der Waals surface area (Å²) in [5, 5.41) is 0. The highest BCUT2D eigenvalue weighted by Gasteiger charge is 2.37. The molecule has 0 radical (unpaired) electrons. The minimum absolute atomic E-state index is 0.193. The molecule has 2 aliphatic rings. The van der Waals surface area contributed by atoms with Crippen molar-refractivity contribution in [2.45, 2.75) is 26.2 Å². The summed E-state index contributed by atoms with van der Waals surface area (Å²) in [5.41, 5.74) is 2.30. The van der Waals surface area contributed by atoms with E-state index in [2.05, 4.69) is 54.0 Å². The van der Waals surface area contributed by atoms with E-state index < -0.39 is 0 Å². The highest BCUT2D eigenvalue weighted by atomic mass is 19.1.